The van der Waals surface area contributed by atoms with Crippen molar-refractivity contribution in [3.8, 4) is 0 Å². The van der Waals surface area contributed by atoms with E-state index in [4.69, 9.17) is 56.6 Å². The molecular weight excluding hydrogens is 979 g/mol. The molecule has 374 valence electrons. The number of aromatic nitrogens is 8. The maximum atomic E-state index is 13.8. The number of aromatic amines is 3. The van der Waals surface area contributed by atoms with E-state index < -0.39 is 146 Å². The lowest BCUT2D eigenvalue weighted by atomic mass is 10.2. The van der Waals surface area contributed by atoms with Gasteiger partial charge in [-0.15, -0.1) is 0 Å². The lowest BCUT2D eigenvalue weighted by Gasteiger charge is -2.25. The van der Waals surface area contributed by atoms with Gasteiger partial charge >= 0.3 is 34.8 Å². The molecule has 3 saturated heterocycles. The molecule has 0 saturated carbocycles. The molecule has 4 aromatic rings. The van der Waals surface area contributed by atoms with E-state index in [0.717, 1.165) is 21.7 Å². The molecule has 0 radical (unpaired) electrons. The van der Waals surface area contributed by atoms with Crippen molar-refractivity contribution in [3.63, 3.8) is 0 Å². The number of phosphoric acid groups is 3. The summed E-state index contributed by atoms with van der Waals surface area (Å²) in [5, 5.41) is 0. The van der Waals surface area contributed by atoms with Gasteiger partial charge in [-0.3, -0.25) is 70.2 Å². The summed E-state index contributed by atoms with van der Waals surface area (Å²) in [6, 6.07) is 0. The summed E-state index contributed by atoms with van der Waals surface area (Å²) >= 11 is 0. The highest BCUT2D eigenvalue weighted by molar-refractivity contribution is 7.48. The molecule has 12 atom stereocenters. The third kappa shape index (κ3) is 11.5. The van der Waals surface area contributed by atoms with Gasteiger partial charge in [0.25, 0.3) is 16.7 Å². The lowest BCUT2D eigenvalue weighted by Crippen LogP contribution is -2.34. The number of anilines is 1. The van der Waals surface area contributed by atoms with Gasteiger partial charge in [0.1, 0.15) is 62.1 Å². The zero-order chi connectivity index (χ0) is 48.9. The van der Waals surface area contributed by atoms with Crippen molar-refractivity contribution < 1.29 is 79.2 Å². The number of nitrogens with one attached hydrogen (secondary N) is 3. The minimum atomic E-state index is -5.29. The van der Waals surface area contributed by atoms with Crippen LogP contribution < -0.4 is 33.8 Å². The van der Waals surface area contributed by atoms with Gasteiger partial charge in [-0.2, -0.15) is 4.98 Å². The molecule has 3 fully saturated rings. The van der Waals surface area contributed by atoms with Crippen LogP contribution in [0.3, 0.4) is 0 Å². The van der Waals surface area contributed by atoms with Gasteiger partial charge in [0.15, 0.2) is 11.2 Å². The average molecular weight is 1030 g/mol. The van der Waals surface area contributed by atoms with E-state index in [1.54, 1.807) is 0 Å². The number of ether oxygens (including phenoxy) is 5. The molecule has 0 amide bonds. The first-order valence-corrected chi connectivity index (χ1v) is 25.0. The van der Waals surface area contributed by atoms with Crippen molar-refractivity contribution in [2.75, 3.05) is 32.3 Å². The first-order chi connectivity index (χ1) is 32.0. The van der Waals surface area contributed by atoms with Crippen LogP contribution in [0.15, 0.2) is 42.7 Å². The van der Waals surface area contributed by atoms with Crippen LogP contribution in [0.5, 0.6) is 0 Å². The number of nitrogens with zero attached hydrogens (tertiary/aromatic N) is 5. The van der Waals surface area contributed by atoms with Crippen molar-refractivity contribution in [3.05, 3.63) is 81.9 Å². The Labute approximate surface area is 380 Å². The number of hydrogen-bond donors (Lipinski definition) is 7. The Morgan fingerprint density at radius 2 is 1.35 bits per heavy atom. The molecule has 0 aromatic carbocycles. The van der Waals surface area contributed by atoms with Crippen molar-refractivity contribution in [2.24, 2.45) is 0 Å². The van der Waals surface area contributed by atoms with E-state index >= 15 is 0 Å². The van der Waals surface area contributed by atoms with Crippen LogP contribution in [0.4, 0.5) is 5.95 Å². The Kier molecular flexibility index (Phi) is 14.6. The van der Waals surface area contributed by atoms with Gasteiger partial charge in [-0.1, -0.05) is 0 Å². The molecule has 68 heavy (non-hydrogen) atoms. The second-order valence-corrected chi connectivity index (χ2v) is 20.3. The molecule has 3 unspecified atom stereocenters. The molecule has 4 bridgehead atoms. The summed E-state index contributed by atoms with van der Waals surface area (Å²) in [4.78, 5) is 111. The number of phosphoric ester groups is 3. The molecule has 0 aliphatic carbocycles. The number of imidazole rings is 1. The topological polar surface area (TPSA) is 413 Å². The summed E-state index contributed by atoms with van der Waals surface area (Å²) in [7, 11) is -15.3. The van der Waals surface area contributed by atoms with Crippen LogP contribution in [-0.4, -0.2) is 123 Å². The van der Waals surface area contributed by atoms with Crippen LogP contribution in [0.1, 0.15) is 62.9 Å². The van der Waals surface area contributed by atoms with Crippen LogP contribution >= 0.6 is 23.5 Å². The molecule has 4 aliphatic heterocycles. The van der Waals surface area contributed by atoms with E-state index in [2.05, 4.69) is 24.9 Å². The van der Waals surface area contributed by atoms with Crippen LogP contribution in [0.2, 0.25) is 0 Å². The second-order valence-electron chi connectivity index (χ2n) is 16.1. The molecule has 0 spiro atoms. The van der Waals surface area contributed by atoms with Crippen LogP contribution in [0, 0.1) is 6.92 Å². The highest BCUT2D eigenvalue weighted by Gasteiger charge is 2.48. The Bertz CT molecular complexity index is 2970. The third-order valence-electron chi connectivity index (χ3n) is 10.8. The fourth-order valence-corrected chi connectivity index (χ4v) is 10.8. The fourth-order valence-electron chi connectivity index (χ4n) is 7.77. The summed E-state index contributed by atoms with van der Waals surface area (Å²) in [5.74, 6) is -0.286. The molecule has 8 N–H and O–H groups in total. The first kappa shape index (κ1) is 50.0. The maximum absolute atomic E-state index is 13.8. The average Bonchev–Trinajstić information content (AvgIpc) is 4.03. The van der Waals surface area contributed by atoms with E-state index in [1.165, 1.54) is 31.5 Å². The quantitative estimate of drug-likeness (QED) is 0.118. The largest absolute Gasteiger partial charge is 0.472 e. The van der Waals surface area contributed by atoms with Gasteiger partial charge in [-0.25, -0.2) is 28.3 Å². The predicted octanol–water partition coefficient (Wildman–Crippen LogP) is -0.608. The molecular formula is C34H46N9O22P3. The number of aryl methyl sites for hydroxylation is 1. The van der Waals surface area contributed by atoms with Crippen molar-refractivity contribution in [1.29, 1.82) is 0 Å². The molecule has 4 aliphatic rings. The second kappa shape index (κ2) is 19.8. The predicted molar refractivity (Wildman–Crippen MR) is 223 cm³/mol. The Balaban J connectivity index is 1.11. The van der Waals surface area contributed by atoms with E-state index in [-0.39, 0.29) is 47.5 Å². The van der Waals surface area contributed by atoms with Crippen molar-refractivity contribution >= 4 is 40.6 Å². The fraction of sp³-hybridized carbons (Fsp3) is 0.618. The first-order valence-electron chi connectivity index (χ1n) is 20.6. The zero-order valence-corrected chi connectivity index (χ0v) is 38.6. The van der Waals surface area contributed by atoms with Crippen LogP contribution in [0.25, 0.3) is 11.2 Å². The Morgan fingerprint density at radius 1 is 0.779 bits per heavy atom. The van der Waals surface area contributed by atoms with E-state index in [1.807, 2.05) is 0 Å². The summed E-state index contributed by atoms with van der Waals surface area (Å²) in [5.41, 5.74) is 1.47. The smallest absolute Gasteiger partial charge is 0.369 e. The zero-order valence-electron chi connectivity index (χ0n) is 35.9. The minimum absolute atomic E-state index is 0.0719. The van der Waals surface area contributed by atoms with E-state index in [9.17, 15) is 52.3 Å². The minimum Gasteiger partial charge on any atom is -0.369 e. The number of nitrogens with two attached hydrogens (primary N) is 1. The molecule has 8 heterocycles. The Morgan fingerprint density at radius 3 is 2.01 bits per heavy atom. The van der Waals surface area contributed by atoms with Crippen molar-refractivity contribution in [2.45, 2.75) is 108 Å². The van der Waals surface area contributed by atoms with Gasteiger partial charge in [0.2, 0.25) is 5.95 Å². The number of fused-ring (bicyclic) bond motifs is 8. The molecule has 34 heteroatoms. The number of rotatable bonds is 6. The summed E-state index contributed by atoms with van der Waals surface area (Å²) < 4.78 is 105. The number of hydrogen-bond acceptors (Lipinski definition) is 22. The third-order valence-corrected chi connectivity index (χ3v) is 14.0. The molecule has 8 rings (SSSR count). The lowest BCUT2D eigenvalue weighted by molar-refractivity contribution is -0.115. The number of nitrogen functional groups attached to an aromatic ring is 1. The summed E-state index contributed by atoms with van der Waals surface area (Å²) in [6.45, 7) is 1.15. The standard InChI is InChI=1S/C34H46N9O22P3/c1-15(2)62-68(53,54)65-20-5-25-42-8-17(30(45)40-34(42)48)9-55-14-56-10-21-18(4-24(59-21)41-7-16(3)29(44)39-33(41)47)63-66(49,50)57-11-22-19(64-67(51,52)58-12-23(20)60-25)6-26(61-22)43-13-36-27-28(43)37-32(35)38-31(27)46/h7-8,13,15,18-26H,4-6,9-12,14H2,1-3H3,(H,49,50)(H,51,52)(H,53,54)(H,39,44,47)(H,40,45,48)(H3,35,37,38,46)/t18-,19-,20-,21+,22+,23+,24+,25-,26+/m0/s1. The SMILES string of the molecule is Cc1cn([C@H]2C[C@@H]3OP(=O)(O)OC[C@H]4O[C@@H](n5cnc6c(=O)[nH]c(N)nc65)C[C@@H]4OP(=O)(O)OC[C@H]4O[C@@H](C[C@@H]4OP(=O)(O)OC(C)C)n4cc(c(=O)[nH]c4=O)COCOC[C@H]3O2)c(=O)[nH]c1=O. The van der Waals surface area contributed by atoms with Crippen molar-refractivity contribution in [1.82, 2.24) is 38.6 Å². The molecule has 31 nitrogen and oxygen atoms in total. The highest BCUT2D eigenvalue weighted by atomic mass is 31.2. The van der Waals surface area contributed by atoms with Gasteiger partial charge < -0.3 is 44.1 Å². The van der Waals surface area contributed by atoms with E-state index in [0.29, 0.717) is 0 Å². The van der Waals surface area contributed by atoms with Crippen LogP contribution in [-0.2, 0) is 71.1 Å². The maximum Gasteiger partial charge on any atom is 0.472 e. The van der Waals surface area contributed by atoms with Gasteiger partial charge in [0.05, 0.1) is 44.4 Å². The van der Waals surface area contributed by atoms with Gasteiger partial charge in [-0.05, 0) is 20.8 Å². The number of H-pyrrole nitrogens is 3. The summed E-state index contributed by atoms with van der Waals surface area (Å²) in [6.07, 6.45) is -10.6. The molecule has 4 aromatic heterocycles. The monoisotopic (exact) mass is 1030 g/mol. The highest BCUT2D eigenvalue weighted by Crippen LogP contribution is 2.53. The normalized spacial score (nSPS) is 33.0. The van der Waals surface area contributed by atoms with Gasteiger partial charge in [0, 0.05) is 37.2 Å². The Hall–Kier alpha value is -4.36.